The summed E-state index contributed by atoms with van der Waals surface area (Å²) in [7, 11) is 0. The molecule has 2 heteroatoms. The second-order valence-corrected chi connectivity index (χ2v) is 19.7. The number of anilines is 3. The fourth-order valence-electron chi connectivity index (χ4n) is 11.6. The van der Waals surface area contributed by atoms with Crippen LogP contribution in [-0.2, 0) is 18.3 Å². The van der Waals surface area contributed by atoms with Crippen LogP contribution in [0.3, 0.4) is 0 Å². The van der Waals surface area contributed by atoms with Gasteiger partial charge in [-0.15, -0.1) is 0 Å². The highest BCUT2D eigenvalue weighted by atomic mass is 15.2. The maximum Gasteiger partial charge on any atom is 0.0691 e. The number of benzene rings is 8. The zero-order chi connectivity index (χ0) is 49.1. The van der Waals surface area contributed by atoms with E-state index in [9.17, 15) is 0 Å². The van der Waals surface area contributed by atoms with Gasteiger partial charge in [-0.2, -0.15) is 0 Å². The lowest BCUT2D eigenvalue weighted by Crippen LogP contribution is -2.27. The van der Waals surface area contributed by atoms with Crippen LogP contribution in [0.1, 0.15) is 73.4 Å². The third-order valence-corrected chi connectivity index (χ3v) is 15.3. The van der Waals surface area contributed by atoms with E-state index in [1.807, 2.05) is 30.3 Å². The molecule has 0 saturated carbocycles. The summed E-state index contributed by atoms with van der Waals surface area (Å²) in [4.78, 5) is 2.19. The van der Waals surface area contributed by atoms with Crippen LogP contribution in [-0.4, -0.2) is 0 Å². The second-order valence-electron chi connectivity index (χ2n) is 19.7. The van der Waals surface area contributed by atoms with E-state index in [1.54, 1.807) is 0 Å². The number of nitrogens with two attached hydrogens (primary N) is 1. The Morgan fingerprint density at radius 1 is 0.690 bits per heavy atom. The number of aryl methyl sites for hydroxylation is 1. The first-order valence-corrected chi connectivity index (χ1v) is 25.3. The van der Waals surface area contributed by atoms with E-state index in [1.165, 1.54) is 93.9 Å². The van der Waals surface area contributed by atoms with Crippen LogP contribution in [0.4, 0.5) is 17.1 Å². The molecule has 0 fully saturated rings. The van der Waals surface area contributed by atoms with E-state index in [-0.39, 0.29) is 5.41 Å². The van der Waals surface area contributed by atoms with Gasteiger partial charge in [0.15, 0.2) is 0 Å². The summed E-state index contributed by atoms with van der Waals surface area (Å²) in [6.07, 6.45) is 22.3. The fraction of sp³-hybridized carbons (Fsp3) is 0.159. The van der Waals surface area contributed by atoms with Gasteiger partial charge < -0.3 is 10.6 Å². The molecule has 0 bridgehead atoms. The van der Waals surface area contributed by atoms with Gasteiger partial charge in [-0.3, -0.25) is 0 Å². The molecule has 2 unspecified atom stereocenters. The van der Waals surface area contributed by atoms with Crippen LogP contribution in [0, 0.1) is 12.8 Å². The monoisotopic (exact) mass is 921 g/mol. The summed E-state index contributed by atoms with van der Waals surface area (Å²) in [5.41, 5.74) is 27.2. The maximum absolute atomic E-state index is 6.58. The highest BCUT2D eigenvalue weighted by Crippen LogP contribution is 2.51. The molecule has 8 aromatic carbocycles. The molecule has 2 aliphatic carbocycles. The van der Waals surface area contributed by atoms with Crippen molar-refractivity contribution in [3.8, 4) is 22.3 Å². The van der Waals surface area contributed by atoms with E-state index in [0.29, 0.717) is 5.92 Å². The van der Waals surface area contributed by atoms with E-state index in [2.05, 4.69) is 228 Å². The van der Waals surface area contributed by atoms with Gasteiger partial charge in [0.05, 0.1) is 11.4 Å². The molecular weight excluding hydrogens is 857 g/mol. The molecule has 0 aliphatic heterocycles. The smallest absolute Gasteiger partial charge is 0.0691 e. The van der Waals surface area contributed by atoms with Crippen molar-refractivity contribution in [3.05, 3.63) is 270 Å². The lowest BCUT2D eigenvalue weighted by Gasteiger charge is -2.33. The summed E-state index contributed by atoms with van der Waals surface area (Å²) < 4.78 is 0. The molecule has 350 valence electrons. The molecule has 2 nitrogen and oxygen atoms in total. The van der Waals surface area contributed by atoms with Crippen molar-refractivity contribution < 1.29 is 0 Å². The normalized spacial score (nSPS) is 17.2. The van der Waals surface area contributed by atoms with Gasteiger partial charge >= 0.3 is 0 Å². The molecule has 71 heavy (non-hydrogen) atoms. The van der Waals surface area contributed by atoms with Crippen molar-refractivity contribution >= 4 is 50.3 Å². The van der Waals surface area contributed by atoms with Crippen molar-refractivity contribution in [2.24, 2.45) is 5.92 Å². The second kappa shape index (κ2) is 20.2. The number of rotatable bonds is 12. The Balaban J connectivity index is 1.10. The number of allylic oxidation sites excluding steroid dienone is 10. The van der Waals surface area contributed by atoms with Gasteiger partial charge in [0.25, 0.3) is 0 Å². The number of hydrogen-bond acceptors (Lipinski definition) is 2. The lowest BCUT2D eigenvalue weighted by molar-refractivity contribution is 0.378. The number of nitrogen functional groups attached to an aromatic ring is 1. The molecule has 2 N–H and O–H groups in total. The Morgan fingerprint density at radius 3 is 2.06 bits per heavy atom. The minimum absolute atomic E-state index is 0.190. The molecule has 0 spiro atoms. The first kappa shape index (κ1) is 46.8. The molecule has 0 heterocycles. The maximum atomic E-state index is 6.58. The first-order valence-electron chi connectivity index (χ1n) is 25.3. The molecule has 2 aliphatic rings. The number of para-hydroxylation sites is 3. The van der Waals surface area contributed by atoms with Crippen molar-refractivity contribution in [2.45, 2.75) is 65.2 Å². The van der Waals surface area contributed by atoms with E-state index in [4.69, 9.17) is 5.73 Å². The van der Waals surface area contributed by atoms with Crippen molar-refractivity contribution in [1.82, 2.24) is 0 Å². The third-order valence-electron chi connectivity index (χ3n) is 15.3. The van der Waals surface area contributed by atoms with Crippen LogP contribution in [0.5, 0.6) is 0 Å². The summed E-state index contributed by atoms with van der Waals surface area (Å²) >= 11 is 0. The molecule has 0 amide bonds. The van der Waals surface area contributed by atoms with E-state index >= 15 is 0 Å². The highest BCUT2D eigenvalue weighted by molar-refractivity contribution is 6.09. The minimum Gasteiger partial charge on any atom is -0.397 e. The van der Waals surface area contributed by atoms with Gasteiger partial charge in [0.1, 0.15) is 0 Å². The van der Waals surface area contributed by atoms with E-state index in [0.717, 1.165) is 54.9 Å². The zero-order valence-electron chi connectivity index (χ0n) is 41.8. The van der Waals surface area contributed by atoms with Crippen LogP contribution < -0.4 is 10.6 Å². The van der Waals surface area contributed by atoms with Crippen LogP contribution in [0.15, 0.2) is 236 Å². The Kier molecular flexibility index (Phi) is 13.3. The SMILES string of the molecule is C=C/C=C\c1cc(-c2c3c(c(-c4ccc5ccccc5c4)c4ccccc24)CC(C(/C=C\C)=C/C)CC(C)(c2ccc(C4=CC=C(C(=C)N(c5ccccc5)c5ccccc5N)CC4)cc2)C3)ccc1C. The van der Waals surface area contributed by atoms with E-state index < -0.39 is 0 Å². The highest BCUT2D eigenvalue weighted by Gasteiger charge is 2.38. The topological polar surface area (TPSA) is 29.3 Å². The standard InChI is InChI=1S/C69H64N2/c1-7-10-21-54-42-56(31-30-47(54)4)68-62-27-17-16-26-61(62)67(57-37-36-51-22-14-15-23-55(51)43-57)63-44-58(49(9-3)20-8-2)45-69(6,46-64(63)68)59-40-38-53(39-41-59)52-34-32-50(33-35-52)48(5)71(60-24-12-11-13-25-60)66-29-19-18-28-65(66)70/h7-32,34,36-43,58H,1,5,33,35,44-46,70H2,2-4,6H3/b20-8-,21-10-,49-9+. The van der Waals surface area contributed by atoms with Gasteiger partial charge in [0.2, 0.25) is 0 Å². The molecule has 2 atom stereocenters. The summed E-state index contributed by atoms with van der Waals surface area (Å²) in [5.74, 6) is 0.291. The largest absolute Gasteiger partial charge is 0.397 e. The molecule has 10 rings (SSSR count). The van der Waals surface area contributed by atoms with Gasteiger partial charge in [-0.25, -0.2) is 0 Å². The summed E-state index contributed by atoms with van der Waals surface area (Å²) in [5, 5.41) is 5.12. The number of nitrogens with zero attached hydrogens (tertiary/aromatic N) is 1. The van der Waals surface area contributed by atoms with Crippen LogP contribution in [0.25, 0.3) is 55.4 Å². The molecule has 0 radical (unpaired) electrons. The summed E-state index contributed by atoms with van der Waals surface area (Å²) in [6, 6.07) is 60.2. The van der Waals surface area contributed by atoms with Crippen LogP contribution >= 0.6 is 0 Å². The summed E-state index contributed by atoms with van der Waals surface area (Å²) in [6.45, 7) is 17.8. The predicted molar refractivity (Wildman–Crippen MR) is 308 cm³/mol. The average Bonchev–Trinajstić information content (AvgIpc) is 3.56. The Morgan fingerprint density at radius 2 is 1.35 bits per heavy atom. The van der Waals surface area contributed by atoms with Crippen LogP contribution in [0.2, 0.25) is 0 Å². The molecule has 0 aromatic heterocycles. The number of fused-ring (bicyclic) bond motifs is 3. The van der Waals surface area contributed by atoms with Crippen molar-refractivity contribution in [3.63, 3.8) is 0 Å². The quantitative estimate of drug-likeness (QED) is 0.0752. The van der Waals surface area contributed by atoms with Gasteiger partial charge in [-0.1, -0.05) is 196 Å². The number of hydrogen-bond donors (Lipinski definition) is 1. The van der Waals surface area contributed by atoms with Gasteiger partial charge in [-0.05, 0) is 195 Å². The van der Waals surface area contributed by atoms with Crippen molar-refractivity contribution in [2.75, 3.05) is 10.6 Å². The fourth-order valence-corrected chi connectivity index (χ4v) is 11.6. The Hall–Kier alpha value is -7.94. The molecule has 8 aromatic rings. The van der Waals surface area contributed by atoms with Crippen molar-refractivity contribution in [1.29, 1.82) is 0 Å². The third kappa shape index (κ3) is 9.19. The first-order chi connectivity index (χ1) is 34.7. The Bertz CT molecular complexity index is 3480. The minimum atomic E-state index is -0.190. The predicted octanol–water partition coefficient (Wildman–Crippen LogP) is 18.5. The molecular formula is C69H64N2. The Labute approximate surface area is 421 Å². The lowest BCUT2D eigenvalue weighted by atomic mass is 9.70. The van der Waals surface area contributed by atoms with Gasteiger partial charge in [0, 0.05) is 11.4 Å². The average molecular weight is 921 g/mol. The molecule has 0 saturated heterocycles. The zero-order valence-corrected chi connectivity index (χ0v) is 41.8.